The number of ether oxygens (including phenoxy) is 2. The summed E-state index contributed by atoms with van der Waals surface area (Å²) in [6.07, 6.45) is 3.85. The quantitative estimate of drug-likeness (QED) is 0.538. The zero-order valence-electron chi connectivity index (χ0n) is 16.2. The van der Waals surface area contributed by atoms with Gasteiger partial charge in [-0.2, -0.15) is 5.10 Å². The fourth-order valence-electron chi connectivity index (χ4n) is 3.53. The van der Waals surface area contributed by atoms with Gasteiger partial charge in [-0.25, -0.2) is 4.98 Å². The minimum Gasteiger partial charge on any atom is -0.497 e. The second kappa shape index (κ2) is 7.86. The van der Waals surface area contributed by atoms with Gasteiger partial charge in [0.2, 0.25) is 0 Å². The molecule has 0 spiro atoms. The molecular formula is C22H24N4O2. The van der Waals surface area contributed by atoms with Crippen molar-refractivity contribution in [2.24, 2.45) is 0 Å². The number of aromatic nitrogens is 3. The number of allylic oxidation sites excluding steroid dienone is 2. The lowest BCUT2D eigenvalue weighted by molar-refractivity contribution is 0.122. The summed E-state index contributed by atoms with van der Waals surface area (Å²) in [7, 11) is 1.64. The maximum Gasteiger partial charge on any atom is 0.129 e. The third kappa shape index (κ3) is 3.39. The van der Waals surface area contributed by atoms with Crippen molar-refractivity contribution >= 4 is 22.3 Å². The van der Waals surface area contributed by atoms with Crippen LogP contribution in [-0.4, -0.2) is 48.6 Å². The number of fused-ring (bicyclic) bond motifs is 1. The van der Waals surface area contributed by atoms with Crippen LogP contribution in [-0.2, 0) is 9.47 Å². The van der Waals surface area contributed by atoms with E-state index in [9.17, 15) is 0 Å². The molecule has 144 valence electrons. The predicted octanol–water partition coefficient (Wildman–Crippen LogP) is 4.02. The molecule has 2 aromatic heterocycles. The van der Waals surface area contributed by atoms with Gasteiger partial charge in [0.1, 0.15) is 17.3 Å². The van der Waals surface area contributed by atoms with E-state index in [0.717, 1.165) is 65.4 Å². The Morgan fingerprint density at radius 1 is 1.25 bits per heavy atom. The third-order valence-corrected chi connectivity index (χ3v) is 5.06. The Kier molecular flexibility index (Phi) is 5.12. The average molecular weight is 376 g/mol. The SMILES string of the molecule is C=C(OC)C(=CC)c1ccc2[nH]nc(-c3ccnc(N4CCOCC4)c3)c2c1. The van der Waals surface area contributed by atoms with Gasteiger partial charge in [-0.05, 0) is 36.8 Å². The van der Waals surface area contributed by atoms with E-state index >= 15 is 0 Å². The zero-order chi connectivity index (χ0) is 19.5. The van der Waals surface area contributed by atoms with Crippen LogP contribution in [0.4, 0.5) is 5.82 Å². The number of nitrogens with zero attached hydrogens (tertiary/aromatic N) is 3. The van der Waals surface area contributed by atoms with Crippen LogP contribution in [0.15, 0.2) is 54.9 Å². The second-order valence-corrected chi connectivity index (χ2v) is 6.66. The number of H-pyrrole nitrogens is 1. The molecule has 4 rings (SSSR count). The first kappa shape index (κ1) is 18.3. The lowest BCUT2D eigenvalue weighted by Crippen LogP contribution is -2.36. The lowest BCUT2D eigenvalue weighted by atomic mass is 10.0. The van der Waals surface area contributed by atoms with Crippen molar-refractivity contribution in [3.63, 3.8) is 0 Å². The summed E-state index contributed by atoms with van der Waals surface area (Å²) < 4.78 is 10.8. The van der Waals surface area contributed by atoms with E-state index in [0.29, 0.717) is 5.76 Å². The van der Waals surface area contributed by atoms with Gasteiger partial charge in [-0.3, -0.25) is 5.10 Å². The topological polar surface area (TPSA) is 63.3 Å². The van der Waals surface area contributed by atoms with Crippen LogP contribution in [0.1, 0.15) is 12.5 Å². The number of methoxy groups -OCH3 is 1. The molecular weight excluding hydrogens is 352 g/mol. The molecule has 28 heavy (non-hydrogen) atoms. The van der Waals surface area contributed by atoms with Crippen molar-refractivity contribution in [1.82, 2.24) is 15.2 Å². The van der Waals surface area contributed by atoms with Crippen molar-refractivity contribution in [2.45, 2.75) is 6.92 Å². The maximum absolute atomic E-state index is 5.45. The Labute approximate surface area is 164 Å². The molecule has 0 atom stereocenters. The highest BCUT2D eigenvalue weighted by atomic mass is 16.5. The highest BCUT2D eigenvalue weighted by Gasteiger charge is 2.16. The Morgan fingerprint density at radius 3 is 2.82 bits per heavy atom. The van der Waals surface area contributed by atoms with Crippen LogP contribution >= 0.6 is 0 Å². The van der Waals surface area contributed by atoms with Crippen LogP contribution in [0, 0.1) is 0 Å². The molecule has 0 unspecified atom stereocenters. The lowest BCUT2D eigenvalue weighted by Gasteiger charge is -2.27. The molecule has 0 saturated carbocycles. The molecule has 3 heterocycles. The summed E-state index contributed by atoms with van der Waals surface area (Å²) in [5, 5.41) is 8.77. The van der Waals surface area contributed by atoms with E-state index < -0.39 is 0 Å². The fraction of sp³-hybridized carbons (Fsp3) is 0.273. The van der Waals surface area contributed by atoms with E-state index in [1.54, 1.807) is 7.11 Å². The highest BCUT2D eigenvalue weighted by Crippen LogP contribution is 2.32. The summed E-state index contributed by atoms with van der Waals surface area (Å²) in [5.74, 6) is 1.60. The predicted molar refractivity (Wildman–Crippen MR) is 112 cm³/mol. The summed E-state index contributed by atoms with van der Waals surface area (Å²) in [6, 6.07) is 10.3. The van der Waals surface area contributed by atoms with Crippen LogP contribution < -0.4 is 4.90 Å². The van der Waals surface area contributed by atoms with Crippen LogP contribution in [0.3, 0.4) is 0 Å². The van der Waals surface area contributed by atoms with E-state index in [1.165, 1.54) is 0 Å². The normalized spacial score (nSPS) is 15.1. The minimum atomic E-state index is 0.644. The van der Waals surface area contributed by atoms with E-state index in [2.05, 4.69) is 44.9 Å². The molecule has 1 aliphatic rings. The molecule has 6 heteroatoms. The van der Waals surface area contributed by atoms with Crippen LogP contribution in [0.2, 0.25) is 0 Å². The maximum atomic E-state index is 5.45. The highest BCUT2D eigenvalue weighted by molar-refractivity contribution is 5.96. The molecule has 1 fully saturated rings. The molecule has 1 N–H and O–H groups in total. The first-order chi connectivity index (χ1) is 13.7. The Hall–Kier alpha value is -3.12. The minimum absolute atomic E-state index is 0.644. The molecule has 0 aliphatic carbocycles. The fourth-order valence-corrected chi connectivity index (χ4v) is 3.53. The third-order valence-electron chi connectivity index (χ3n) is 5.06. The monoisotopic (exact) mass is 376 g/mol. The average Bonchev–Trinajstić information content (AvgIpc) is 3.18. The van der Waals surface area contributed by atoms with E-state index in [4.69, 9.17) is 9.47 Å². The van der Waals surface area contributed by atoms with Gasteiger partial charge in [0.05, 0.1) is 25.8 Å². The van der Waals surface area contributed by atoms with Gasteiger partial charge in [0.25, 0.3) is 0 Å². The standard InChI is InChI=1S/C22H24N4O2/c1-4-18(15(2)27-3)16-5-6-20-19(13-16)22(25-24-20)17-7-8-23-21(14-17)26-9-11-28-12-10-26/h4-8,13-14H,2,9-12H2,1,3H3,(H,24,25). The van der Waals surface area contributed by atoms with E-state index in [1.807, 2.05) is 31.3 Å². The van der Waals surface area contributed by atoms with Crippen LogP contribution in [0.25, 0.3) is 27.7 Å². The van der Waals surface area contributed by atoms with Gasteiger partial charge < -0.3 is 14.4 Å². The summed E-state index contributed by atoms with van der Waals surface area (Å²) in [6.45, 7) is 9.15. The number of hydrogen-bond acceptors (Lipinski definition) is 5. The number of anilines is 1. The molecule has 6 nitrogen and oxygen atoms in total. The number of hydrogen-bond donors (Lipinski definition) is 1. The molecule has 1 aliphatic heterocycles. The van der Waals surface area contributed by atoms with Crippen LogP contribution in [0.5, 0.6) is 0 Å². The van der Waals surface area contributed by atoms with Gasteiger partial charge in [-0.15, -0.1) is 0 Å². The first-order valence-electron chi connectivity index (χ1n) is 9.38. The van der Waals surface area contributed by atoms with E-state index in [-0.39, 0.29) is 0 Å². The summed E-state index contributed by atoms with van der Waals surface area (Å²) in [4.78, 5) is 6.79. The molecule has 0 bridgehead atoms. The summed E-state index contributed by atoms with van der Waals surface area (Å²) in [5.41, 5.74) is 4.95. The number of nitrogens with one attached hydrogen (secondary N) is 1. The van der Waals surface area contributed by atoms with Crippen molar-refractivity contribution in [3.05, 3.63) is 60.5 Å². The van der Waals surface area contributed by atoms with Gasteiger partial charge in [-0.1, -0.05) is 18.7 Å². The number of pyridine rings is 1. The van der Waals surface area contributed by atoms with Crippen molar-refractivity contribution in [2.75, 3.05) is 38.3 Å². The first-order valence-corrected chi connectivity index (χ1v) is 9.38. The zero-order valence-corrected chi connectivity index (χ0v) is 16.2. The van der Waals surface area contributed by atoms with Crippen molar-refractivity contribution in [3.8, 4) is 11.3 Å². The molecule has 1 aromatic carbocycles. The largest absolute Gasteiger partial charge is 0.497 e. The Morgan fingerprint density at radius 2 is 2.07 bits per heavy atom. The number of benzene rings is 1. The van der Waals surface area contributed by atoms with Gasteiger partial charge in [0, 0.05) is 35.8 Å². The molecule has 0 amide bonds. The van der Waals surface area contributed by atoms with Gasteiger partial charge in [0.15, 0.2) is 0 Å². The Bertz CT molecular complexity index is 1030. The number of aromatic amines is 1. The number of morpholine rings is 1. The van der Waals surface area contributed by atoms with Gasteiger partial charge >= 0.3 is 0 Å². The van der Waals surface area contributed by atoms with Crippen molar-refractivity contribution in [1.29, 1.82) is 0 Å². The molecule has 0 radical (unpaired) electrons. The second-order valence-electron chi connectivity index (χ2n) is 6.66. The Balaban J connectivity index is 1.75. The smallest absolute Gasteiger partial charge is 0.129 e. The molecule has 1 saturated heterocycles. The number of rotatable bonds is 5. The van der Waals surface area contributed by atoms with Crippen molar-refractivity contribution < 1.29 is 9.47 Å². The molecule has 3 aromatic rings. The summed E-state index contributed by atoms with van der Waals surface area (Å²) >= 11 is 0.